The summed E-state index contributed by atoms with van der Waals surface area (Å²) in [5.41, 5.74) is 1.28. The van der Waals surface area contributed by atoms with Gasteiger partial charge in [-0.15, -0.1) is 0 Å². The smallest absolute Gasteiger partial charge is 0.262 e. The highest BCUT2D eigenvalue weighted by molar-refractivity contribution is 9.10. The second kappa shape index (κ2) is 14.2. The lowest BCUT2D eigenvalue weighted by Gasteiger charge is -2.33. The summed E-state index contributed by atoms with van der Waals surface area (Å²) in [4.78, 5) is 41.6. The lowest BCUT2D eigenvalue weighted by molar-refractivity contribution is -0.128. The quantitative estimate of drug-likeness (QED) is 0.256. The van der Waals surface area contributed by atoms with Crippen molar-refractivity contribution < 1.29 is 27.9 Å². The zero-order valence-corrected chi connectivity index (χ0v) is 27.6. The number of aliphatic hydroxyl groups is 1. The van der Waals surface area contributed by atoms with Gasteiger partial charge in [0, 0.05) is 17.6 Å². The summed E-state index contributed by atoms with van der Waals surface area (Å²) in [6, 6.07) is 19.8. The third-order valence-corrected chi connectivity index (χ3v) is 9.88. The minimum atomic E-state index is -3.99. The molecule has 4 rings (SSSR count). The first-order valence-corrected chi connectivity index (χ1v) is 16.8. The summed E-state index contributed by atoms with van der Waals surface area (Å²) in [7, 11) is -3.99. The summed E-state index contributed by atoms with van der Waals surface area (Å²) in [5, 5.41) is 14.5. The third kappa shape index (κ3) is 7.46. The molecule has 1 aliphatic rings. The molecule has 3 amide bonds. The molecule has 1 heterocycles. The van der Waals surface area contributed by atoms with Crippen LogP contribution < -0.4 is 5.32 Å². The van der Waals surface area contributed by atoms with Crippen molar-refractivity contribution in [2.24, 2.45) is 11.8 Å². The van der Waals surface area contributed by atoms with Crippen LogP contribution in [0, 0.1) is 11.8 Å². The first-order chi connectivity index (χ1) is 20.8. The Morgan fingerprint density at radius 2 is 1.41 bits per heavy atom. The van der Waals surface area contributed by atoms with Gasteiger partial charge in [0.1, 0.15) is 6.04 Å². The molecule has 0 bridgehead atoms. The van der Waals surface area contributed by atoms with Crippen LogP contribution in [0.25, 0.3) is 0 Å². The molecule has 44 heavy (non-hydrogen) atoms. The Kier molecular flexibility index (Phi) is 10.8. The van der Waals surface area contributed by atoms with E-state index < -0.39 is 51.9 Å². The van der Waals surface area contributed by atoms with Crippen LogP contribution in [-0.4, -0.2) is 71.7 Å². The van der Waals surface area contributed by atoms with Crippen molar-refractivity contribution in [3.05, 3.63) is 100 Å². The van der Waals surface area contributed by atoms with Gasteiger partial charge in [-0.25, -0.2) is 8.42 Å². The minimum absolute atomic E-state index is 0.0475. The van der Waals surface area contributed by atoms with Gasteiger partial charge < -0.3 is 10.4 Å². The van der Waals surface area contributed by atoms with Crippen molar-refractivity contribution in [3.8, 4) is 0 Å². The van der Waals surface area contributed by atoms with Crippen LogP contribution in [0.4, 0.5) is 0 Å². The summed E-state index contributed by atoms with van der Waals surface area (Å²) in [6.07, 6.45) is -1.13. The molecule has 0 fully saturated rings. The van der Waals surface area contributed by atoms with Crippen LogP contribution in [0.2, 0.25) is 0 Å². The van der Waals surface area contributed by atoms with E-state index in [1.54, 1.807) is 50.2 Å². The molecule has 0 aliphatic carbocycles. The fraction of sp³-hybridized carbons (Fsp3) is 0.364. The SMILES string of the molecule is CC(C)CN(C[C@@H](O)[C@H](Cc1ccccc1)NC(=O)[C@H](C(C)C)N1C(=O)c2ccccc2C1=O)S(=O)(=O)c1ccc(Br)cc1. The highest BCUT2D eigenvalue weighted by Crippen LogP contribution is 2.28. The first kappa shape index (κ1) is 33.5. The van der Waals surface area contributed by atoms with Gasteiger partial charge >= 0.3 is 0 Å². The number of imide groups is 1. The Morgan fingerprint density at radius 1 is 0.864 bits per heavy atom. The molecular weight excluding hydrogens is 646 g/mol. The van der Waals surface area contributed by atoms with E-state index in [1.807, 2.05) is 44.2 Å². The van der Waals surface area contributed by atoms with E-state index in [1.165, 1.54) is 16.4 Å². The van der Waals surface area contributed by atoms with Crippen molar-refractivity contribution in [1.82, 2.24) is 14.5 Å². The average molecular weight is 685 g/mol. The predicted octanol–water partition coefficient (Wildman–Crippen LogP) is 4.51. The number of halogens is 1. The molecule has 3 atom stereocenters. The maximum Gasteiger partial charge on any atom is 0.262 e. The fourth-order valence-corrected chi connectivity index (χ4v) is 7.25. The fourth-order valence-electron chi connectivity index (χ4n) is 5.37. The number of nitrogens with zero attached hydrogens (tertiary/aromatic N) is 2. The van der Waals surface area contributed by atoms with Crippen molar-refractivity contribution in [3.63, 3.8) is 0 Å². The molecule has 11 heteroatoms. The number of amides is 3. The summed E-state index contributed by atoms with van der Waals surface area (Å²) in [5.74, 6) is -2.21. The number of nitrogens with one attached hydrogen (secondary N) is 1. The molecule has 0 saturated carbocycles. The van der Waals surface area contributed by atoms with Crippen molar-refractivity contribution in [2.45, 2.75) is 57.2 Å². The average Bonchev–Trinajstić information content (AvgIpc) is 3.22. The molecule has 0 saturated heterocycles. The van der Waals surface area contributed by atoms with Crippen LogP contribution in [-0.2, 0) is 21.2 Å². The largest absolute Gasteiger partial charge is 0.390 e. The number of hydrogen-bond donors (Lipinski definition) is 2. The molecule has 3 aromatic carbocycles. The van der Waals surface area contributed by atoms with Gasteiger partial charge in [0.25, 0.3) is 11.8 Å². The van der Waals surface area contributed by atoms with Crippen molar-refractivity contribution >= 4 is 43.7 Å². The van der Waals surface area contributed by atoms with Crippen LogP contribution >= 0.6 is 15.9 Å². The van der Waals surface area contributed by atoms with E-state index in [-0.39, 0.29) is 41.5 Å². The summed E-state index contributed by atoms with van der Waals surface area (Å²) >= 11 is 3.33. The van der Waals surface area contributed by atoms with Gasteiger partial charge in [0.05, 0.1) is 28.2 Å². The number of carbonyl (C=O) groups excluding carboxylic acids is 3. The molecule has 2 N–H and O–H groups in total. The van der Waals surface area contributed by atoms with Gasteiger partial charge in [0.2, 0.25) is 15.9 Å². The predicted molar refractivity (Wildman–Crippen MR) is 171 cm³/mol. The van der Waals surface area contributed by atoms with E-state index in [4.69, 9.17) is 0 Å². The lowest BCUT2D eigenvalue weighted by atomic mass is 9.97. The standard InChI is InChI=1S/C33H38BrN3O6S/c1-21(2)19-36(44(42,43)25-16-14-24(34)15-17-25)20-29(38)28(18-23-10-6-5-7-11-23)35-31(39)30(22(3)4)37-32(40)26-12-8-9-13-27(26)33(37)41/h5-17,21-22,28-30,38H,18-20H2,1-4H3,(H,35,39)/t28-,29+,30-/m0/s1. The second-order valence-electron chi connectivity index (χ2n) is 11.8. The Bertz CT molecular complexity index is 1560. The Morgan fingerprint density at radius 3 is 1.93 bits per heavy atom. The Labute approximate surface area is 267 Å². The van der Waals surface area contributed by atoms with E-state index >= 15 is 0 Å². The highest BCUT2D eigenvalue weighted by Gasteiger charge is 2.44. The molecule has 0 unspecified atom stereocenters. The van der Waals surface area contributed by atoms with Gasteiger partial charge in [-0.2, -0.15) is 4.31 Å². The second-order valence-corrected chi connectivity index (χ2v) is 14.6. The first-order valence-electron chi connectivity index (χ1n) is 14.6. The third-order valence-electron chi connectivity index (χ3n) is 7.51. The number of fused-ring (bicyclic) bond motifs is 1. The van der Waals surface area contributed by atoms with Crippen LogP contribution in [0.5, 0.6) is 0 Å². The molecule has 9 nitrogen and oxygen atoms in total. The number of hydrogen-bond acceptors (Lipinski definition) is 6. The van der Waals surface area contributed by atoms with Crippen LogP contribution in [0.15, 0.2) is 88.2 Å². The van der Waals surface area contributed by atoms with E-state index in [0.717, 1.165) is 14.9 Å². The summed E-state index contributed by atoms with van der Waals surface area (Å²) in [6.45, 7) is 7.11. The number of benzene rings is 3. The van der Waals surface area contributed by atoms with E-state index in [9.17, 15) is 27.9 Å². The molecule has 1 aliphatic heterocycles. The molecule has 0 spiro atoms. The Hall–Kier alpha value is -3.38. The lowest BCUT2D eigenvalue weighted by Crippen LogP contribution is -2.58. The highest BCUT2D eigenvalue weighted by atomic mass is 79.9. The number of rotatable bonds is 13. The summed E-state index contributed by atoms with van der Waals surface area (Å²) < 4.78 is 29.4. The normalized spacial score (nSPS) is 15.5. The van der Waals surface area contributed by atoms with Gasteiger partial charge in [-0.3, -0.25) is 19.3 Å². The van der Waals surface area contributed by atoms with Crippen LogP contribution in [0.1, 0.15) is 54.0 Å². The number of carbonyl (C=O) groups is 3. The minimum Gasteiger partial charge on any atom is -0.390 e. The van der Waals surface area contributed by atoms with Gasteiger partial charge in [-0.05, 0) is 60.2 Å². The zero-order chi connectivity index (χ0) is 32.2. The topological polar surface area (TPSA) is 124 Å². The number of aliphatic hydroxyl groups excluding tert-OH is 1. The van der Waals surface area contributed by atoms with Gasteiger partial charge in [0.15, 0.2) is 0 Å². The Balaban J connectivity index is 1.64. The maximum absolute atomic E-state index is 13.9. The maximum atomic E-state index is 13.9. The monoisotopic (exact) mass is 683 g/mol. The molecule has 234 valence electrons. The van der Waals surface area contributed by atoms with Crippen LogP contribution in [0.3, 0.4) is 0 Å². The molecule has 0 aromatic heterocycles. The van der Waals surface area contributed by atoms with Crippen molar-refractivity contribution in [1.29, 1.82) is 0 Å². The van der Waals surface area contributed by atoms with E-state index in [2.05, 4.69) is 21.2 Å². The molecule has 0 radical (unpaired) electrons. The van der Waals surface area contributed by atoms with Gasteiger partial charge in [-0.1, -0.05) is 86.1 Å². The number of sulfonamides is 1. The zero-order valence-electron chi connectivity index (χ0n) is 25.2. The molecular formula is C33H38BrN3O6S. The van der Waals surface area contributed by atoms with Crippen molar-refractivity contribution in [2.75, 3.05) is 13.1 Å². The van der Waals surface area contributed by atoms with E-state index in [0.29, 0.717) is 0 Å². The molecule has 3 aromatic rings.